The van der Waals surface area contributed by atoms with E-state index in [0.29, 0.717) is 0 Å². The standard InChI is InChI=1S/C15H19N3O3/c1-3-10-8-11(18(4-2)17-10)9-21-13-7-5-6-12(16)14(13)15(19)20/h5-8H,3-4,9,16H2,1-2H3,(H,19,20). The van der Waals surface area contributed by atoms with Crippen LogP contribution >= 0.6 is 0 Å². The van der Waals surface area contributed by atoms with E-state index in [0.717, 1.165) is 24.4 Å². The van der Waals surface area contributed by atoms with Crippen LogP contribution in [0.25, 0.3) is 0 Å². The minimum Gasteiger partial charge on any atom is -0.486 e. The summed E-state index contributed by atoms with van der Waals surface area (Å²) in [7, 11) is 0. The highest BCUT2D eigenvalue weighted by molar-refractivity contribution is 5.96. The van der Waals surface area contributed by atoms with Crippen molar-refractivity contribution in [1.29, 1.82) is 0 Å². The van der Waals surface area contributed by atoms with Crippen LogP contribution in [0.3, 0.4) is 0 Å². The highest BCUT2D eigenvalue weighted by Gasteiger charge is 2.15. The molecule has 1 aromatic carbocycles. The highest BCUT2D eigenvalue weighted by Crippen LogP contribution is 2.25. The molecule has 6 nitrogen and oxygen atoms in total. The molecule has 21 heavy (non-hydrogen) atoms. The number of carboxylic acids is 1. The van der Waals surface area contributed by atoms with Crippen molar-refractivity contribution in [1.82, 2.24) is 9.78 Å². The number of nitrogens with zero attached hydrogens (tertiary/aromatic N) is 2. The normalized spacial score (nSPS) is 10.6. The first-order chi connectivity index (χ1) is 10.1. The van der Waals surface area contributed by atoms with E-state index in [-0.39, 0.29) is 23.6 Å². The second kappa shape index (κ2) is 6.30. The van der Waals surface area contributed by atoms with Gasteiger partial charge in [0, 0.05) is 12.2 Å². The van der Waals surface area contributed by atoms with Gasteiger partial charge < -0.3 is 15.6 Å². The Hall–Kier alpha value is -2.50. The Bertz CT molecular complexity index is 650. The molecule has 0 amide bonds. The molecule has 0 saturated heterocycles. The van der Waals surface area contributed by atoms with E-state index >= 15 is 0 Å². The molecular weight excluding hydrogens is 270 g/mol. The van der Waals surface area contributed by atoms with E-state index < -0.39 is 5.97 Å². The Morgan fingerprint density at radius 2 is 2.19 bits per heavy atom. The summed E-state index contributed by atoms with van der Waals surface area (Å²) in [5.41, 5.74) is 7.78. The summed E-state index contributed by atoms with van der Waals surface area (Å²) in [6.45, 7) is 5.03. The van der Waals surface area contributed by atoms with Crippen LogP contribution in [0.1, 0.15) is 35.6 Å². The van der Waals surface area contributed by atoms with E-state index in [1.165, 1.54) is 0 Å². The lowest BCUT2D eigenvalue weighted by Gasteiger charge is -2.11. The lowest BCUT2D eigenvalue weighted by Crippen LogP contribution is -2.09. The molecule has 0 aliphatic rings. The van der Waals surface area contributed by atoms with Gasteiger partial charge in [-0.2, -0.15) is 5.10 Å². The summed E-state index contributed by atoms with van der Waals surface area (Å²) in [5.74, 6) is -0.828. The van der Waals surface area contributed by atoms with Crippen LogP contribution in [0, 0.1) is 0 Å². The Morgan fingerprint density at radius 1 is 1.43 bits per heavy atom. The van der Waals surface area contributed by atoms with Gasteiger partial charge in [0.25, 0.3) is 0 Å². The number of aromatic nitrogens is 2. The lowest BCUT2D eigenvalue weighted by molar-refractivity contribution is 0.0693. The van der Waals surface area contributed by atoms with Gasteiger partial charge in [0.05, 0.1) is 11.4 Å². The first-order valence-electron chi connectivity index (χ1n) is 6.87. The number of ether oxygens (including phenoxy) is 1. The van der Waals surface area contributed by atoms with Crippen LogP contribution < -0.4 is 10.5 Å². The maximum absolute atomic E-state index is 11.2. The minimum absolute atomic E-state index is 0.00391. The average Bonchev–Trinajstić information content (AvgIpc) is 2.87. The van der Waals surface area contributed by atoms with Gasteiger partial charge in [0.2, 0.25) is 0 Å². The molecule has 2 rings (SSSR count). The van der Waals surface area contributed by atoms with Crippen LogP contribution in [0.15, 0.2) is 24.3 Å². The number of rotatable bonds is 6. The topological polar surface area (TPSA) is 90.4 Å². The van der Waals surface area contributed by atoms with Gasteiger partial charge in [-0.15, -0.1) is 0 Å². The molecule has 0 fully saturated rings. The number of nitrogens with two attached hydrogens (primary N) is 1. The molecule has 1 aromatic heterocycles. The molecule has 0 bridgehead atoms. The van der Waals surface area contributed by atoms with E-state index in [1.54, 1.807) is 18.2 Å². The summed E-state index contributed by atoms with van der Waals surface area (Å²) in [6, 6.07) is 6.79. The fourth-order valence-electron chi connectivity index (χ4n) is 2.13. The van der Waals surface area contributed by atoms with Gasteiger partial charge in [-0.05, 0) is 31.5 Å². The first kappa shape index (κ1) is 14.9. The molecular formula is C15H19N3O3. The third-order valence-electron chi connectivity index (χ3n) is 3.22. The number of aromatic carboxylic acids is 1. The maximum atomic E-state index is 11.2. The number of benzene rings is 1. The molecule has 0 aliphatic heterocycles. The summed E-state index contributed by atoms with van der Waals surface area (Å²) < 4.78 is 7.50. The zero-order chi connectivity index (χ0) is 15.4. The third-order valence-corrected chi connectivity index (χ3v) is 3.22. The van der Waals surface area contributed by atoms with Crippen LogP contribution in [-0.2, 0) is 19.6 Å². The number of hydrogen-bond acceptors (Lipinski definition) is 4. The number of nitrogen functional groups attached to an aromatic ring is 1. The Kier molecular flexibility index (Phi) is 4.47. The van der Waals surface area contributed by atoms with E-state index in [1.807, 2.05) is 24.6 Å². The zero-order valence-corrected chi connectivity index (χ0v) is 12.2. The number of carbonyl (C=O) groups is 1. The predicted octanol–water partition coefficient (Wildman–Crippen LogP) is 2.32. The van der Waals surface area contributed by atoms with Crippen LogP contribution in [0.5, 0.6) is 5.75 Å². The second-order valence-electron chi connectivity index (χ2n) is 4.61. The molecule has 112 valence electrons. The second-order valence-corrected chi connectivity index (χ2v) is 4.61. The Labute approximate surface area is 123 Å². The summed E-state index contributed by atoms with van der Waals surface area (Å²) >= 11 is 0. The fraction of sp³-hybridized carbons (Fsp3) is 0.333. The van der Waals surface area contributed by atoms with Gasteiger partial charge in [0.1, 0.15) is 17.9 Å². The van der Waals surface area contributed by atoms with Crippen molar-refractivity contribution in [3.8, 4) is 5.75 Å². The Morgan fingerprint density at radius 3 is 2.81 bits per heavy atom. The largest absolute Gasteiger partial charge is 0.486 e. The fourth-order valence-corrected chi connectivity index (χ4v) is 2.13. The van der Waals surface area contributed by atoms with E-state index in [9.17, 15) is 9.90 Å². The van der Waals surface area contributed by atoms with Crippen molar-refractivity contribution >= 4 is 11.7 Å². The van der Waals surface area contributed by atoms with Crippen LogP contribution in [0.2, 0.25) is 0 Å². The van der Waals surface area contributed by atoms with Crippen LogP contribution in [-0.4, -0.2) is 20.9 Å². The smallest absolute Gasteiger partial charge is 0.341 e. The molecule has 1 heterocycles. The minimum atomic E-state index is -1.10. The Balaban J connectivity index is 2.22. The van der Waals surface area contributed by atoms with Crippen molar-refractivity contribution < 1.29 is 14.6 Å². The van der Waals surface area contributed by atoms with Gasteiger partial charge in [0.15, 0.2) is 0 Å². The summed E-state index contributed by atoms with van der Waals surface area (Å²) in [5, 5.41) is 13.6. The van der Waals surface area contributed by atoms with Crippen LogP contribution in [0.4, 0.5) is 5.69 Å². The van der Waals surface area contributed by atoms with Gasteiger partial charge in [-0.3, -0.25) is 4.68 Å². The van der Waals surface area contributed by atoms with Gasteiger partial charge >= 0.3 is 5.97 Å². The monoisotopic (exact) mass is 289 g/mol. The molecule has 0 radical (unpaired) electrons. The maximum Gasteiger partial charge on any atom is 0.341 e. The summed E-state index contributed by atoms with van der Waals surface area (Å²) in [4.78, 5) is 11.2. The predicted molar refractivity (Wildman–Crippen MR) is 79.4 cm³/mol. The molecule has 6 heteroatoms. The molecule has 0 saturated carbocycles. The van der Waals surface area contributed by atoms with Gasteiger partial charge in [-0.1, -0.05) is 13.0 Å². The van der Waals surface area contributed by atoms with E-state index in [2.05, 4.69) is 5.10 Å². The zero-order valence-electron chi connectivity index (χ0n) is 12.2. The number of aryl methyl sites for hydroxylation is 2. The highest BCUT2D eigenvalue weighted by atomic mass is 16.5. The molecule has 0 spiro atoms. The molecule has 0 atom stereocenters. The first-order valence-corrected chi connectivity index (χ1v) is 6.87. The van der Waals surface area contributed by atoms with E-state index in [4.69, 9.17) is 10.5 Å². The molecule has 3 N–H and O–H groups in total. The van der Waals surface area contributed by atoms with Crippen molar-refractivity contribution in [2.75, 3.05) is 5.73 Å². The molecule has 2 aromatic rings. The van der Waals surface area contributed by atoms with Crippen molar-refractivity contribution in [2.45, 2.75) is 33.4 Å². The molecule has 0 aliphatic carbocycles. The van der Waals surface area contributed by atoms with Gasteiger partial charge in [-0.25, -0.2) is 4.79 Å². The lowest BCUT2D eigenvalue weighted by atomic mass is 10.1. The quantitative estimate of drug-likeness (QED) is 0.796. The molecule has 0 unspecified atom stereocenters. The number of anilines is 1. The SMILES string of the molecule is CCc1cc(COc2cccc(N)c2C(=O)O)n(CC)n1. The average molecular weight is 289 g/mol. The number of carboxylic acid groups (broad SMARTS) is 1. The van der Waals surface area contributed by atoms with Crippen molar-refractivity contribution in [2.24, 2.45) is 0 Å². The third kappa shape index (κ3) is 3.16. The van der Waals surface area contributed by atoms with Crippen molar-refractivity contribution in [3.63, 3.8) is 0 Å². The number of hydrogen-bond donors (Lipinski definition) is 2. The van der Waals surface area contributed by atoms with Crippen molar-refractivity contribution in [3.05, 3.63) is 41.2 Å². The summed E-state index contributed by atoms with van der Waals surface area (Å²) in [6.07, 6.45) is 0.846.